The van der Waals surface area contributed by atoms with Crippen LogP contribution in [0.1, 0.15) is 28.4 Å². The van der Waals surface area contributed by atoms with E-state index in [9.17, 15) is 4.79 Å². The number of aromatic nitrogens is 5. The summed E-state index contributed by atoms with van der Waals surface area (Å²) in [6.07, 6.45) is 3.97. The molecule has 0 spiro atoms. The van der Waals surface area contributed by atoms with Gasteiger partial charge >= 0.3 is 0 Å². The van der Waals surface area contributed by atoms with Gasteiger partial charge in [-0.2, -0.15) is 5.10 Å². The average molecular weight is 366 g/mol. The molecule has 3 aromatic rings. The predicted octanol–water partition coefficient (Wildman–Crippen LogP) is 2.18. The summed E-state index contributed by atoms with van der Waals surface area (Å²) in [5.74, 6) is 1.98. The Labute approximate surface area is 157 Å². The second kappa shape index (κ2) is 8.39. The van der Waals surface area contributed by atoms with Gasteiger partial charge in [0.15, 0.2) is 0 Å². The van der Waals surface area contributed by atoms with Gasteiger partial charge in [0.05, 0.1) is 7.11 Å². The molecular weight excluding hydrogens is 344 g/mol. The largest absolute Gasteiger partial charge is 0.479 e. The van der Waals surface area contributed by atoms with Gasteiger partial charge in [-0.05, 0) is 32.4 Å². The molecule has 140 valence electrons. The maximum absolute atomic E-state index is 12.3. The van der Waals surface area contributed by atoms with E-state index in [1.165, 1.54) is 0 Å². The molecule has 8 nitrogen and oxygen atoms in total. The number of hydrogen-bond donors (Lipinski definition) is 1. The van der Waals surface area contributed by atoms with Crippen molar-refractivity contribution in [3.8, 4) is 17.1 Å². The van der Waals surface area contributed by atoms with Gasteiger partial charge in [-0.15, -0.1) is 0 Å². The minimum absolute atomic E-state index is 0.112. The monoisotopic (exact) mass is 366 g/mol. The summed E-state index contributed by atoms with van der Waals surface area (Å²) in [6.45, 7) is 5.08. The van der Waals surface area contributed by atoms with Crippen LogP contribution in [0.4, 0.5) is 0 Å². The molecule has 0 fully saturated rings. The van der Waals surface area contributed by atoms with Crippen molar-refractivity contribution in [2.75, 3.05) is 13.7 Å². The molecular formula is C19H22N6O2. The average Bonchev–Trinajstić information content (AvgIpc) is 3.02. The van der Waals surface area contributed by atoms with Crippen molar-refractivity contribution in [3.05, 3.63) is 53.9 Å². The van der Waals surface area contributed by atoms with E-state index < -0.39 is 0 Å². The fourth-order valence-electron chi connectivity index (χ4n) is 2.76. The summed E-state index contributed by atoms with van der Waals surface area (Å²) in [7, 11) is 1.55. The molecule has 0 unspecified atom stereocenters. The van der Waals surface area contributed by atoms with E-state index in [4.69, 9.17) is 4.74 Å². The van der Waals surface area contributed by atoms with Gasteiger partial charge in [-0.3, -0.25) is 9.48 Å². The van der Waals surface area contributed by atoms with Gasteiger partial charge < -0.3 is 10.1 Å². The molecule has 2 heterocycles. The van der Waals surface area contributed by atoms with Gasteiger partial charge in [0, 0.05) is 36.6 Å². The molecule has 2 aromatic heterocycles. The van der Waals surface area contributed by atoms with Crippen LogP contribution >= 0.6 is 0 Å². The Hall–Kier alpha value is -3.29. The number of carbonyl (C=O) groups excluding carboxylic acids is 1. The third kappa shape index (κ3) is 4.46. The second-order valence-electron chi connectivity index (χ2n) is 6.03. The number of rotatable bonds is 7. The zero-order valence-electron chi connectivity index (χ0n) is 15.6. The van der Waals surface area contributed by atoms with Crippen LogP contribution in [0.3, 0.4) is 0 Å². The van der Waals surface area contributed by atoms with Gasteiger partial charge in [0.1, 0.15) is 17.3 Å². The molecule has 8 heteroatoms. The summed E-state index contributed by atoms with van der Waals surface area (Å²) in [4.78, 5) is 25.0. The number of aryl methyl sites for hydroxylation is 3. The van der Waals surface area contributed by atoms with Crippen LogP contribution in [-0.2, 0) is 6.54 Å². The van der Waals surface area contributed by atoms with Crippen LogP contribution in [-0.4, -0.2) is 44.3 Å². The van der Waals surface area contributed by atoms with Crippen molar-refractivity contribution in [1.82, 2.24) is 30.0 Å². The minimum atomic E-state index is -0.112. The Bertz CT molecular complexity index is 920. The van der Waals surface area contributed by atoms with Crippen LogP contribution in [0.2, 0.25) is 0 Å². The number of nitrogens with zero attached hydrogens (tertiary/aromatic N) is 5. The third-order valence-corrected chi connectivity index (χ3v) is 4.07. The number of hydrogen-bond acceptors (Lipinski definition) is 6. The maximum atomic E-state index is 12.3. The molecule has 1 amide bonds. The molecule has 0 radical (unpaired) electrons. The molecule has 27 heavy (non-hydrogen) atoms. The topological polar surface area (TPSA) is 94.8 Å². The highest BCUT2D eigenvalue weighted by Crippen LogP contribution is 2.25. The molecule has 0 aliphatic heterocycles. The van der Waals surface area contributed by atoms with Crippen LogP contribution < -0.4 is 10.1 Å². The fraction of sp³-hybridized carbons (Fsp3) is 0.316. The van der Waals surface area contributed by atoms with E-state index >= 15 is 0 Å². The number of nitrogens with one attached hydrogen (secondary N) is 1. The summed E-state index contributed by atoms with van der Waals surface area (Å²) in [5, 5.41) is 7.23. The summed E-state index contributed by atoms with van der Waals surface area (Å²) in [5.41, 5.74) is 2.08. The van der Waals surface area contributed by atoms with Gasteiger partial charge in [0.2, 0.25) is 5.88 Å². The molecule has 0 saturated carbocycles. The highest BCUT2D eigenvalue weighted by Gasteiger charge is 2.10. The Kier molecular flexibility index (Phi) is 5.75. The Morgan fingerprint density at radius 2 is 1.89 bits per heavy atom. The quantitative estimate of drug-likeness (QED) is 0.644. The van der Waals surface area contributed by atoms with Gasteiger partial charge in [0.25, 0.3) is 5.91 Å². The number of amides is 1. The summed E-state index contributed by atoms with van der Waals surface area (Å²) in [6, 6.07) is 7.21. The number of methoxy groups -OCH3 is 1. The van der Waals surface area contributed by atoms with Crippen molar-refractivity contribution >= 4 is 5.91 Å². The SMILES string of the molecule is COc1nccnc1-c1ccc(C(=O)NCCCn2nc(C)nc2C)cc1. The first kappa shape index (κ1) is 18.5. The van der Waals surface area contributed by atoms with Crippen molar-refractivity contribution in [3.63, 3.8) is 0 Å². The van der Waals surface area contributed by atoms with Crippen molar-refractivity contribution in [2.45, 2.75) is 26.8 Å². The first-order chi connectivity index (χ1) is 13.1. The van der Waals surface area contributed by atoms with Crippen LogP contribution in [0.15, 0.2) is 36.7 Å². The number of benzene rings is 1. The van der Waals surface area contributed by atoms with E-state index in [0.717, 1.165) is 30.2 Å². The number of ether oxygens (including phenoxy) is 1. The zero-order chi connectivity index (χ0) is 19.2. The van der Waals surface area contributed by atoms with Crippen molar-refractivity contribution in [2.24, 2.45) is 0 Å². The van der Waals surface area contributed by atoms with Crippen LogP contribution in [0.25, 0.3) is 11.3 Å². The zero-order valence-corrected chi connectivity index (χ0v) is 15.6. The molecule has 0 bridgehead atoms. The molecule has 1 N–H and O–H groups in total. The van der Waals surface area contributed by atoms with Crippen molar-refractivity contribution < 1.29 is 9.53 Å². The van der Waals surface area contributed by atoms with Crippen molar-refractivity contribution in [1.29, 1.82) is 0 Å². The fourth-order valence-corrected chi connectivity index (χ4v) is 2.76. The van der Waals surface area contributed by atoms with Crippen LogP contribution in [0.5, 0.6) is 5.88 Å². The first-order valence-corrected chi connectivity index (χ1v) is 8.70. The molecule has 0 atom stereocenters. The summed E-state index contributed by atoms with van der Waals surface area (Å²) < 4.78 is 7.08. The van der Waals surface area contributed by atoms with E-state index in [1.54, 1.807) is 31.6 Å². The maximum Gasteiger partial charge on any atom is 0.251 e. The Morgan fingerprint density at radius 3 is 2.56 bits per heavy atom. The van der Waals surface area contributed by atoms with Gasteiger partial charge in [-0.1, -0.05) is 12.1 Å². The molecule has 0 aliphatic rings. The van der Waals surface area contributed by atoms with E-state index in [1.807, 2.05) is 30.7 Å². The minimum Gasteiger partial charge on any atom is -0.479 e. The summed E-state index contributed by atoms with van der Waals surface area (Å²) >= 11 is 0. The lowest BCUT2D eigenvalue weighted by Gasteiger charge is -2.08. The lowest BCUT2D eigenvalue weighted by atomic mass is 10.1. The van der Waals surface area contributed by atoms with E-state index in [2.05, 4.69) is 25.4 Å². The smallest absolute Gasteiger partial charge is 0.251 e. The van der Waals surface area contributed by atoms with E-state index in [-0.39, 0.29) is 5.91 Å². The Morgan fingerprint density at radius 1 is 1.15 bits per heavy atom. The standard InChI is InChI=1S/C19H22N6O2/c1-13-23-14(2)25(24-13)12-4-9-21-18(26)16-7-5-15(6-8-16)17-19(27-3)22-11-10-20-17/h5-8,10-11H,4,9,12H2,1-3H3,(H,21,26). The second-order valence-corrected chi connectivity index (χ2v) is 6.03. The lowest BCUT2D eigenvalue weighted by molar-refractivity contribution is 0.0952. The number of carbonyl (C=O) groups is 1. The molecule has 0 saturated heterocycles. The van der Waals surface area contributed by atoms with E-state index in [0.29, 0.717) is 23.7 Å². The highest BCUT2D eigenvalue weighted by atomic mass is 16.5. The predicted molar refractivity (Wildman–Crippen MR) is 100 cm³/mol. The van der Waals surface area contributed by atoms with Gasteiger partial charge in [-0.25, -0.2) is 15.0 Å². The normalized spacial score (nSPS) is 10.6. The highest BCUT2D eigenvalue weighted by molar-refractivity contribution is 5.94. The lowest BCUT2D eigenvalue weighted by Crippen LogP contribution is -2.25. The van der Waals surface area contributed by atoms with Crippen LogP contribution in [0, 0.1) is 13.8 Å². The molecule has 3 rings (SSSR count). The molecule has 1 aromatic carbocycles. The Balaban J connectivity index is 1.55. The third-order valence-electron chi connectivity index (χ3n) is 4.07. The molecule has 0 aliphatic carbocycles. The first-order valence-electron chi connectivity index (χ1n) is 8.70.